The molecule has 0 saturated carbocycles. The first-order chi connectivity index (χ1) is 16.6. The molecule has 4 nitrogen and oxygen atoms in total. The Balaban J connectivity index is 1.26. The van der Waals surface area contributed by atoms with Crippen LogP contribution in [0.2, 0.25) is 0 Å². The Morgan fingerprint density at radius 1 is 0.882 bits per heavy atom. The van der Waals surface area contributed by atoms with E-state index in [0.717, 1.165) is 39.8 Å². The molecule has 0 unspecified atom stereocenters. The highest BCUT2D eigenvalue weighted by atomic mass is 32.2. The summed E-state index contributed by atoms with van der Waals surface area (Å²) in [5, 5.41) is 2.13. The monoisotopic (exact) mass is 465 g/mol. The highest BCUT2D eigenvalue weighted by Gasteiger charge is 2.34. The average molecular weight is 466 g/mol. The van der Waals surface area contributed by atoms with Crippen molar-refractivity contribution >= 4 is 39.8 Å². The third-order valence-corrected chi connectivity index (χ3v) is 6.66. The predicted octanol–water partition coefficient (Wildman–Crippen LogP) is 6.96. The van der Waals surface area contributed by atoms with Crippen molar-refractivity contribution in [2.45, 2.75) is 20.1 Å². The number of aryl methyl sites for hydroxylation is 1. The first-order valence-electron chi connectivity index (χ1n) is 11.1. The summed E-state index contributed by atoms with van der Waals surface area (Å²) in [5.41, 5.74) is 4.02. The van der Waals surface area contributed by atoms with Gasteiger partial charge in [0.15, 0.2) is 0 Å². The second kappa shape index (κ2) is 9.57. The van der Waals surface area contributed by atoms with Gasteiger partial charge in [-0.15, -0.1) is 0 Å². The fourth-order valence-electron chi connectivity index (χ4n) is 4.02. The van der Waals surface area contributed by atoms with Crippen molar-refractivity contribution in [1.29, 1.82) is 0 Å². The van der Waals surface area contributed by atoms with Crippen molar-refractivity contribution in [2.24, 2.45) is 0 Å². The number of amides is 2. The maximum absolute atomic E-state index is 12.8. The largest absolute Gasteiger partial charge is 0.489 e. The maximum atomic E-state index is 12.8. The molecule has 2 amide bonds. The molecular weight excluding hydrogens is 442 g/mol. The zero-order valence-corrected chi connectivity index (χ0v) is 19.5. The second-order valence-corrected chi connectivity index (χ2v) is 9.25. The quantitative estimate of drug-likeness (QED) is 0.289. The molecule has 1 fully saturated rings. The molecule has 0 spiro atoms. The molecule has 1 aliphatic rings. The summed E-state index contributed by atoms with van der Waals surface area (Å²) in [6.45, 7) is 2.75. The number of carbonyl (C=O) groups is 2. The Kier molecular flexibility index (Phi) is 6.19. The van der Waals surface area contributed by atoms with Crippen LogP contribution in [-0.4, -0.2) is 16.0 Å². The van der Waals surface area contributed by atoms with Gasteiger partial charge < -0.3 is 4.74 Å². The van der Waals surface area contributed by atoms with Gasteiger partial charge in [-0.2, -0.15) is 0 Å². The third-order valence-electron chi connectivity index (χ3n) is 5.75. The molecule has 0 aliphatic carbocycles. The Hall–Kier alpha value is -3.83. The van der Waals surface area contributed by atoms with E-state index in [0.29, 0.717) is 11.5 Å². The fourth-order valence-corrected chi connectivity index (χ4v) is 4.86. The van der Waals surface area contributed by atoms with Crippen LogP contribution in [0.5, 0.6) is 5.75 Å². The molecule has 4 aromatic carbocycles. The van der Waals surface area contributed by atoms with Crippen LogP contribution in [0, 0.1) is 6.92 Å². The van der Waals surface area contributed by atoms with Gasteiger partial charge in [-0.3, -0.25) is 14.5 Å². The lowest BCUT2D eigenvalue weighted by atomic mass is 10.1. The van der Waals surface area contributed by atoms with E-state index < -0.39 is 0 Å². The van der Waals surface area contributed by atoms with E-state index in [1.807, 2.05) is 73.7 Å². The summed E-state index contributed by atoms with van der Waals surface area (Å²) in [5.74, 6) is 0.491. The van der Waals surface area contributed by atoms with Crippen molar-refractivity contribution in [2.75, 3.05) is 0 Å². The minimum Gasteiger partial charge on any atom is -0.489 e. The first-order valence-corrected chi connectivity index (χ1v) is 11.9. The lowest BCUT2D eigenvalue weighted by molar-refractivity contribution is -0.123. The lowest BCUT2D eigenvalue weighted by Crippen LogP contribution is -2.27. The molecule has 4 aromatic rings. The van der Waals surface area contributed by atoms with Gasteiger partial charge in [0, 0.05) is 0 Å². The van der Waals surface area contributed by atoms with Crippen molar-refractivity contribution in [3.05, 3.63) is 118 Å². The van der Waals surface area contributed by atoms with Crippen LogP contribution in [0.4, 0.5) is 4.79 Å². The number of thioether (sulfide) groups is 1. The van der Waals surface area contributed by atoms with Crippen molar-refractivity contribution in [3.63, 3.8) is 0 Å². The van der Waals surface area contributed by atoms with E-state index in [2.05, 4.69) is 24.3 Å². The number of fused-ring (bicyclic) bond motifs is 1. The van der Waals surface area contributed by atoms with Crippen LogP contribution in [0.15, 0.2) is 95.9 Å². The predicted molar refractivity (Wildman–Crippen MR) is 137 cm³/mol. The smallest absolute Gasteiger partial charge is 0.293 e. The van der Waals surface area contributed by atoms with Crippen LogP contribution >= 0.6 is 11.8 Å². The molecule has 1 heterocycles. The van der Waals surface area contributed by atoms with Crippen LogP contribution in [0.25, 0.3) is 16.8 Å². The summed E-state index contributed by atoms with van der Waals surface area (Å²) in [6, 6.07) is 29.9. The summed E-state index contributed by atoms with van der Waals surface area (Å²) in [4.78, 5) is 27.0. The van der Waals surface area contributed by atoms with E-state index in [-0.39, 0.29) is 17.7 Å². The zero-order valence-electron chi connectivity index (χ0n) is 18.7. The van der Waals surface area contributed by atoms with Crippen molar-refractivity contribution < 1.29 is 14.3 Å². The zero-order chi connectivity index (χ0) is 23.5. The number of benzene rings is 4. The Morgan fingerprint density at radius 2 is 1.65 bits per heavy atom. The molecule has 0 bridgehead atoms. The molecule has 1 aliphatic heterocycles. The highest BCUT2D eigenvalue weighted by molar-refractivity contribution is 8.18. The normalized spacial score (nSPS) is 14.9. The van der Waals surface area contributed by atoms with Crippen LogP contribution in [-0.2, 0) is 17.9 Å². The SMILES string of the molecule is Cc1cccc(CN2C(=O)S/C(=C/c3ccc(OCc4cccc5ccccc45)cc3)C2=O)c1. The Labute approximate surface area is 202 Å². The summed E-state index contributed by atoms with van der Waals surface area (Å²) in [6.07, 6.45) is 1.76. The van der Waals surface area contributed by atoms with Crippen LogP contribution < -0.4 is 4.74 Å². The number of nitrogens with zero attached hydrogens (tertiary/aromatic N) is 1. The Morgan fingerprint density at radius 3 is 2.47 bits per heavy atom. The van der Waals surface area contributed by atoms with E-state index in [9.17, 15) is 9.59 Å². The average Bonchev–Trinajstić information content (AvgIpc) is 3.11. The van der Waals surface area contributed by atoms with E-state index >= 15 is 0 Å². The van der Waals surface area contributed by atoms with Crippen LogP contribution in [0.3, 0.4) is 0 Å². The van der Waals surface area contributed by atoms with E-state index in [4.69, 9.17) is 4.74 Å². The van der Waals surface area contributed by atoms with Gasteiger partial charge in [0.05, 0.1) is 11.4 Å². The van der Waals surface area contributed by atoms with E-state index in [1.54, 1.807) is 6.08 Å². The third kappa shape index (κ3) is 4.75. The molecule has 0 atom stereocenters. The number of carbonyl (C=O) groups excluding carboxylic acids is 2. The molecular formula is C29H23NO3S. The Bertz CT molecular complexity index is 1400. The number of imide groups is 1. The second-order valence-electron chi connectivity index (χ2n) is 8.25. The van der Waals surface area contributed by atoms with Crippen molar-refractivity contribution in [3.8, 4) is 5.75 Å². The molecule has 5 rings (SSSR count). The molecule has 1 saturated heterocycles. The number of ether oxygens (including phenoxy) is 1. The first kappa shape index (κ1) is 22.0. The molecule has 0 radical (unpaired) electrons. The topological polar surface area (TPSA) is 46.6 Å². The molecule has 34 heavy (non-hydrogen) atoms. The van der Waals surface area contributed by atoms with Gasteiger partial charge in [-0.25, -0.2) is 0 Å². The van der Waals surface area contributed by atoms with Gasteiger partial charge in [0.25, 0.3) is 11.1 Å². The van der Waals surface area contributed by atoms with Gasteiger partial charge >= 0.3 is 0 Å². The van der Waals surface area contributed by atoms with Gasteiger partial charge in [0.2, 0.25) is 0 Å². The fraction of sp³-hybridized carbons (Fsp3) is 0.103. The number of hydrogen-bond acceptors (Lipinski definition) is 4. The minimum atomic E-state index is -0.257. The summed E-state index contributed by atoms with van der Waals surface area (Å²) < 4.78 is 6.00. The lowest BCUT2D eigenvalue weighted by Gasteiger charge is -2.12. The maximum Gasteiger partial charge on any atom is 0.293 e. The highest BCUT2D eigenvalue weighted by Crippen LogP contribution is 2.33. The van der Waals surface area contributed by atoms with Gasteiger partial charge in [-0.1, -0.05) is 84.4 Å². The summed E-state index contributed by atoms with van der Waals surface area (Å²) in [7, 11) is 0. The summed E-state index contributed by atoms with van der Waals surface area (Å²) >= 11 is 0.980. The van der Waals surface area contributed by atoms with E-state index in [1.165, 1.54) is 15.7 Å². The standard InChI is InChI=1S/C29H23NO3S/c1-20-6-4-7-22(16-20)18-30-28(31)27(34-29(30)32)17-21-12-14-25(15-13-21)33-19-24-10-5-9-23-8-2-3-11-26(23)24/h2-17H,18-19H2,1H3/b27-17+. The molecule has 168 valence electrons. The van der Waals surface area contributed by atoms with Crippen molar-refractivity contribution in [1.82, 2.24) is 4.90 Å². The van der Waals surface area contributed by atoms with Gasteiger partial charge in [0.1, 0.15) is 12.4 Å². The molecule has 0 N–H and O–H groups in total. The number of rotatable bonds is 6. The minimum absolute atomic E-state index is 0.243. The molecule has 5 heteroatoms. The number of hydrogen-bond donors (Lipinski definition) is 0. The van der Waals surface area contributed by atoms with Crippen LogP contribution in [0.1, 0.15) is 22.3 Å². The van der Waals surface area contributed by atoms with Gasteiger partial charge in [-0.05, 0) is 64.4 Å². The molecule has 0 aromatic heterocycles.